The molecule has 3 aliphatic carbocycles. The molecule has 8 N–H and O–H groups in total. The summed E-state index contributed by atoms with van der Waals surface area (Å²) >= 11 is 0. The topological polar surface area (TPSA) is 162 Å². The molecule has 3 unspecified atom stereocenters. The van der Waals surface area contributed by atoms with Crippen LogP contribution >= 0.6 is 0 Å². The maximum Gasteiger partial charge on any atom is 0.255 e. The van der Waals surface area contributed by atoms with E-state index in [-0.39, 0.29) is 76.8 Å². The van der Waals surface area contributed by atoms with Gasteiger partial charge in [-0.15, -0.1) is 0 Å². The van der Waals surface area contributed by atoms with Gasteiger partial charge >= 0.3 is 0 Å². The van der Waals surface area contributed by atoms with Crippen LogP contribution in [0.1, 0.15) is 29.5 Å². The molecule has 1 fully saturated rings. The van der Waals surface area contributed by atoms with Crippen LogP contribution in [0.5, 0.6) is 5.75 Å². The summed E-state index contributed by atoms with van der Waals surface area (Å²) in [6.07, 6.45) is 1.14. The van der Waals surface area contributed by atoms with Crippen LogP contribution in [0.3, 0.4) is 0 Å². The number of Topliss-reactive ketones (excluding diaryl/α,β-unsaturated/α-hetero) is 1. The molecule has 1 aromatic carbocycles. The lowest BCUT2D eigenvalue weighted by atomic mass is 9.60. The highest BCUT2D eigenvalue weighted by Crippen LogP contribution is 2.53. The molecule has 9 nitrogen and oxygen atoms in total. The molecule has 9 heteroatoms. The number of ketones is 1. The molecule has 0 aliphatic heterocycles. The van der Waals surface area contributed by atoms with E-state index in [0.29, 0.717) is 18.4 Å². The maximum absolute atomic E-state index is 13.7. The Morgan fingerprint density at radius 1 is 1.24 bits per heavy atom. The Hall–Kier alpha value is -3.30. The van der Waals surface area contributed by atoms with Gasteiger partial charge < -0.3 is 37.0 Å². The van der Waals surface area contributed by atoms with Gasteiger partial charge in [-0.1, -0.05) is 6.58 Å². The Kier molecular flexibility index (Phi) is 5.71. The zero-order chi connectivity index (χ0) is 24.2. The van der Waals surface area contributed by atoms with Crippen LogP contribution in [0.4, 0.5) is 5.69 Å². The summed E-state index contributed by atoms with van der Waals surface area (Å²) in [5.74, 6) is -2.68. The number of carbonyl (C=O) groups excluding carboxylic acids is 2. The molecular formula is C24H30N4O5. The fourth-order valence-corrected chi connectivity index (χ4v) is 5.64. The summed E-state index contributed by atoms with van der Waals surface area (Å²) in [6, 6.07) is 1.80. The number of allylic oxidation sites excluding steroid dienone is 2. The first kappa shape index (κ1) is 22.9. The fourth-order valence-electron chi connectivity index (χ4n) is 5.64. The molecule has 0 saturated heterocycles. The van der Waals surface area contributed by atoms with Crippen molar-refractivity contribution in [3.05, 3.63) is 51.8 Å². The maximum atomic E-state index is 13.7. The summed E-state index contributed by atoms with van der Waals surface area (Å²) in [5.41, 5.74) is 13.9. The zero-order valence-electron chi connectivity index (χ0n) is 18.8. The number of benzene rings is 1. The Labute approximate surface area is 192 Å². The molecule has 0 heterocycles. The highest BCUT2D eigenvalue weighted by Gasteiger charge is 2.49. The molecule has 0 spiro atoms. The molecule has 4 rings (SSSR count). The molecule has 0 radical (unpaired) electrons. The predicted molar refractivity (Wildman–Crippen MR) is 124 cm³/mol. The predicted octanol–water partition coefficient (Wildman–Crippen LogP) is 1.37. The van der Waals surface area contributed by atoms with Gasteiger partial charge in [0.15, 0.2) is 5.78 Å². The van der Waals surface area contributed by atoms with Gasteiger partial charge in [-0.2, -0.15) is 0 Å². The average Bonchev–Trinajstić information content (AvgIpc) is 2.73. The number of fused-ring (bicyclic) bond motifs is 3. The van der Waals surface area contributed by atoms with E-state index in [1.165, 1.54) is 0 Å². The van der Waals surface area contributed by atoms with Crippen LogP contribution in [0.25, 0.3) is 5.76 Å². The number of aliphatic hydroxyl groups is 2. The van der Waals surface area contributed by atoms with E-state index in [1.807, 2.05) is 19.0 Å². The molecule has 0 aromatic heterocycles. The monoisotopic (exact) mass is 454 g/mol. The standard InChI is InChI=1S/C24H30N4O5/c1-10-17-12(7-16(29)18(10)24(33)27-9-26)4-11-5-14-15(28(2)3)6-13(8-25)21(30)20(14)23(32)19(11)22(17)31/h6,11-12,17,29-30,32H,1,4-5,7-9,25-26H2,2-3H3,(H,27,33). The number of amides is 1. The van der Waals surface area contributed by atoms with Crippen molar-refractivity contribution < 1.29 is 24.9 Å². The third-order valence-corrected chi connectivity index (χ3v) is 7.05. The van der Waals surface area contributed by atoms with Gasteiger partial charge in [-0.05, 0) is 41.9 Å². The van der Waals surface area contributed by atoms with Gasteiger partial charge in [0.1, 0.15) is 17.3 Å². The number of nitrogens with two attached hydrogens (primary N) is 2. The molecule has 1 saturated carbocycles. The van der Waals surface area contributed by atoms with Crippen molar-refractivity contribution in [2.24, 2.45) is 29.2 Å². The van der Waals surface area contributed by atoms with Crippen LogP contribution < -0.4 is 21.7 Å². The van der Waals surface area contributed by atoms with Crippen LogP contribution in [0, 0.1) is 17.8 Å². The van der Waals surface area contributed by atoms with E-state index >= 15 is 0 Å². The third-order valence-electron chi connectivity index (χ3n) is 7.05. The van der Waals surface area contributed by atoms with Crippen molar-refractivity contribution >= 4 is 23.1 Å². The van der Waals surface area contributed by atoms with Gasteiger partial charge in [-0.3, -0.25) is 9.59 Å². The van der Waals surface area contributed by atoms with Crippen molar-refractivity contribution in [1.82, 2.24) is 5.32 Å². The van der Waals surface area contributed by atoms with E-state index in [9.17, 15) is 24.9 Å². The normalized spacial score (nSPS) is 24.3. The van der Waals surface area contributed by atoms with Gasteiger partial charge in [0.05, 0.1) is 23.7 Å². The smallest absolute Gasteiger partial charge is 0.255 e. The number of carbonyl (C=O) groups is 2. The van der Waals surface area contributed by atoms with Crippen molar-refractivity contribution in [2.45, 2.75) is 25.8 Å². The molecule has 1 amide bonds. The Morgan fingerprint density at radius 2 is 1.94 bits per heavy atom. The second kappa shape index (κ2) is 8.24. The summed E-state index contributed by atoms with van der Waals surface area (Å²) in [7, 11) is 3.74. The highest BCUT2D eigenvalue weighted by molar-refractivity contribution is 6.10. The number of nitrogens with one attached hydrogen (secondary N) is 1. The number of aromatic hydroxyl groups is 1. The lowest BCUT2D eigenvalue weighted by Crippen LogP contribution is -2.43. The molecule has 33 heavy (non-hydrogen) atoms. The fraction of sp³-hybridized carbons (Fsp3) is 0.417. The molecular weight excluding hydrogens is 424 g/mol. The number of hydrogen-bond donors (Lipinski definition) is 6. The minimum atomic E-state index is -0.748. The van der Waals surface area contributed by atoms with E-state index in [4.69, 9.17) is 11.5 Å². The lowest BCUT2D eigenvalue weighted by Gasteiger charge is -2.43. The van der Waals surface area contributed by atoms with Crippen LogP contribution in [0.15, 0.2) is 35.1 Å². The Balaban J connectivity index is 1.84. The van der Waals surface area contributed by atoms with Crippen molar-refractivity contribution in [1.29, 1.82) is 0 Å². The number of phenols is 1. The minimum absolute atomic E-state index is 0.0204. The van der Waals surface area contributed by atoms with E-state index in [1.54, 1.807) is 6.07 Å². The lowest BCUT2D eigenvalue weighted by molar-refractivity contribution is -0.122. The molecule has 3 aliphatic rings. The molecule has 176 valence electrons. The van der Waals surface area contributed by atoms with Crippen LogP contribution in [-0.2, 0) is 22.6 Å². The molecule has 0 bridgehead atoms. The number of aliphatic hydroxyl groups excluding tert-OH is 2. The largest absolute Gasteiger partial charge is 0.511 e. The van der Waals surface area contributed by atoms with Gasteiger partial charge in [0.25, 0.3) is 5.91 Å². The number of rotatable bonds is 4. The number of hydrogen-bond acceptors (Lipinski definition) is 8. The van der Waals surface area contributed by atoms with Crippen molar-refractivity contribution in [3.63, 3.8) is 0 Å². The Morgan fingerprint density at radius 3 is 2.55 bits per heavy atom. The summed E-state index contributed by atoms with van der Waals surface area (Å²) in [4.78, 5) is 28.0. The summed E-state index contributed by atoms with van der Waals surface area (Å²) < 4.78 is 0. The van der Waals surface area contributed by atoms with E-state index in [2.05, 4.69) is 11.9 Å². The van der Waals surface area contributed by atoms with Gasteiger partial charge in [-0.25, -0.2) is 0 Å². The van der Waals surface area contributed by atoms with Crippen LogP contribution in [0.2, 0.25) is 0 Å². The van der Waals surface area contributed by atoms with Crippen molar-refractivity contribution in [3.8, 4) is 5.75 Å². The zero-order valence-corrected chi connectivity index (χ0v) is 18.8. The number of phenolic OH excluding ortho intramolecular Hbond substituents is 1. The number of anilines is 1. The second-order valence-corrected chi connectivity index (χ2v) is 9.12. The first-order chi connectivity index (χ1) is 15.6. The van der Waals surface area contributed by atoms with E-state index in [0.717, 1.165) is 11.3 Å². The van der Waals surface area contributed by atoms with Crippen LogP contribution in [-0.4, -0.2) is 47.8 Å². The first-order valence-electron chi connectivity index (χ1n) is 10.9. The molecule has 3 atom stereocenters. The number of nitrogens with zero attached hydrogens (tertiary/aromatic N) is 1. The second-order valence-electron chi connectivity index (χ2n) is 9.12. The SMILES string of the molecule is C=C1C(C(=O)NCN)=C(O)CC2CC3Cc4c(N(C)C)cc(CN)c(O)c4C(O)=C3C(=O)C12. The van der Waals surface area contributed by atoms with Crippen molar-refractivity contribution in [2.75, 3.05) is 25.7 Å². The minimum Gasteiger partial charge on any atom is -0.511 e. The third kappa shape index (κ3) is 3.39. The van der Waals surface area contributed by atoms with Gasteiger partial charge in [0.2, 0.25) is 0 Å². The van der Waals surface area contributed by atoms with Gasteiger partial charge in [0, 0.05) is 43.9 Å². The van der Waals surface area contributed by atoms with E-state index < -0.39 is 11.8 Å². The quantitative estimate of drug-likeness (QED) is 0.372. The highest BCUT2D eigenvalue weighted by atomic mass is 16.3. The first-order valence-corrected chi connectivity index (χ1v) is 10.9. The summed E-state index contributed by atoms with van der Waals surface area (Å²) in [6.45, 7) is 3.91. The summed E-state index contributed by atoms with van der Waals surface area (Å²) in [5, 5.41) is 35.1. The average molecular weight is 455 g/mol. The Bertz CT molecular complexity index is 1130. The molecule has 1 aromatic rings.